The Bertz CT molecular complexity index is 465. The number of imidazole rings is 1. The molecule has 14 heavy (non-hydrogen) atoms. The largest absolute Gasteiger partial charge is 0.508 e. The minimum Gasteiger partial charge on any atom is -0.508 e. The highest BCUT2D eigenvalue weighted by molar-refractivity contribution is 5.57. The Hall–Kier alpha value is -1.84. The van der Waals surface area contributed by atoms with E-state index < -0.39 is 5.82 Å². The van der Waals surface area contributed by atoms with Gasteiger partial charge in [-0.3, -0.25) is 0 Å². The Morgan fingerprint density at radius 3 is 2.79 bits per heavy atom. The number of aromatic nitrogens is 2. The van der Waals surface area contributed by atoms with Crippen molar-refractivity contribution in [3.05, 3.63) is 36.4 Å². The molecule has 0 aliphatic carbocycles. The van der Waals surface area contributed by atoms with Gasteiger partial charge in [0.15, 0.2) is 0 Å². The molecule has 0 saturated heterocycles. The molecule has 1 heterocycles. The average molecular weight is 192 g/mol. The number of aryl methyl sites for hydroxylation is 1. The maximum atomic E-state index is 13.4. The molecule has 0 radical (unpaired) electrons. The van der Waals surface area contributed by atoms with Crippen molar-refractivity contribution >= 4 is 0 Å². The topological polar surface area (TPSA) is 38.0 Å². The molecule has 0 saturated carbocycles. The quantitative estimate of drug-likeness (QED) is 0.749. The molecule has 0 aliphatic rings. The Balaban J connectivity index is 2.58. The second-order valence-electron chi connectivity index (χ2n) is 3.03. The van der Waals surface area contributed by atoms with E-state index in [-0.39, 0.29) is 5.75 Å². The molecule has 1 aromatic carbocycles. The fraction of sp³-hybridized carbons (Fsp3) is 0.100. The van der Waals surface area contributed by atoms with Crippen LogP contribution in [0.15, 0.2) is 30.6 Å². The molecule has 2 rings (SSSR count). The zero-order valence-corrected chi connectivity index (χ0v) is 7.61. The first-order valence-electron chi connectivity index (χ1n) is 4.14. The lowest BCUT2D eigenvalue weighted by Gasteiger charge is -2.03. The van der Waals surface area contributed by atoms with Crippen molar-refractivity contribution < 1.29 is 9.50 Å². The van der Waals surface area contributed by atoms with Crippen molar-refractivity contribution in [1.29, 1.82) is 0 Å². The lowest BCUT2D eigenvalue weighted by molar-refractivity contribution is 0.469. The van der Waals surface area contributed by atoms with Crippen molar-refractivity contribution in [2.75, 3.05) is 0 Å². The Morgan fingerprint density at radius 2 is 2.21 bits per heavy atom. The van der Waals surface area contributed by atoms with Gasteiger partial charge >= 0.3 is 0 Å². The van der Waals surface area contributed by atoms with E-state index in [0.717, 1.165) is 6.07 Å². The number of halogens is 1. The molecule has 0 fully saturated rings. The van der Waals surface area contributed by atoms with Crippen LogP contribution in [0.1, 0.15) is 0 Å². The summed E-state index contributed by atoms with van der Waals surface area (Å²) in [5.74, 6) is -0.0118. The molecular formula is C10H9FN2O. The molecule has 1 N–H and O–H groups in total. The Labute approximate surface area is 80.5 Å². The summed E-state index contributed by atoms with van der Waals surface area (Å²) in [5, 5.41) is 9.04. The lowest BCUT2D eigenvalue weighted by Crippen LogP contribution is -1.93. The van der Waals surface area contributed by atoms with E-state index >= 15 is 0 Å². The summed E-state index contributed by atoms with van der Waals surface area (Å²) in [7, 11) is 1.79. The SMILES string of the molecule is Cn1ccnc1-c1ccc(O)cc1F. The van der Waals surface area contributed by atoms with E-state index in [1.165, 1.54) is 12.1 Å². The number of hydrogen-bond acceptors (Lipinski definition) is 2. The van der Waals surface area contributed by atoms with Gasteiger partial charge in [0, 0.05) is 25.5 Å². The third-order valence-corrected chi connectivity index (χ3v) is 2.01. The van der Waals surface area contributed by atoms with Gasteiger partial charge in [-0.1, -0.05) is 0 Å². The maximum Gasteiger partial charge on any atom is 0.142 e. The highest BCUT2D eigenvalue weighted by atomic mass is 19.1. The van der Waals surface area contributed by atoms with Crippen LogP contribution in [-0.2, 0) is 7.05 Å². The first kappa shape index (κ1) is 8.74. The fourth-order valence-corrected chi connectivity index (χ4v) is 1.31. The van der Waals surface area contributed by atoms with Crippen LogP contribution in [0.25, 0.3) is 11.4 Å². The molecule has 0 unspecified atom stereocenters. The molecule has 1 aromatic heterocycles. The summed E-state index contributed by atoms with van der Waals surface area (Å²) in [6, 6.07) is 4.02. The molecule has 0 amide bonds. The molecule has 2 aromatic rings. The molecule has 0 aliphatic heterocycles. The zero-order chi connectivity index (χ0) is 10.1. The smallest absolute Gasteiger partial charge is 0.142 e. The molecule has 0 bridgehead atoms. The van der Waals surface area contributed by atoms with E-state index in [0.29, 0.717) is 11.4 Å². The number of benzene rings is 1. The van der Waals surface area contributed by atoms with Gasteiger partial charge in [0.05, 0.1) is 5.56 Å². The standard InChI is InChI=1S/C10H9FN2O/c1-13-5-4-12-10(13)8-3-2-7(14)6-9(8)11/h2-6,14H,1H3. The van der Waals surface area contributed by atoms with Crippen LogP contribution in [0.2, 0.25) is 0 Å². The predicted molar refractivity (Wildman–Crippen MR) is 50.3 cm³/mol. The van der Waals surface area contributed by atoms with Crippen LogP contribution in [-0.4, -0.2) is 14.7 Å². The number of phenolic OH excluding ortho intramolecular Hbond substituents is 1. The second kappa shape index (κ2) is 3.14. The van der Waals surface area contributed by atoms with Gasteiger partial charge in [-0.15, -0.1) is 0 Å². The van der Waals surface area contributed by atoms with Gasteiger partial charge in [-0.2, -0.15) is 0 Å². The number of nitrogens with zero attached hydrogens (tertiary/aromatic N) is 2. The summed E-state index contributed by atoms with van der Waals surface area (Å²) in [6.07, 6.45) is 3.34. The number of phenols is 1. The van der Waals surface area contributed by atoms with Crippen molar-refractivity contribution in [2.45, 2.75) is 0 Å². The van der Waals surface area contributed by atoms with Crippen LogP contribution < -0.4 is 0 Å². The van der Waals surface area contributed by atoms with Crippen molar-refractivity contribution in [2.24, 2.45) is 7.05 Å². The lowest BCUT2D eigenvalue weighted by atomic mass is 10.2. The van der Waals surface area contributed by atoms with Crippen LogP contribution in [0.5, 0.6) is 5.75 Å². The maximum absolute atomic E-state index is 13.4. The van der Waals surface area contributed by atoms with Gasteiger partial charge < -0.3 is 9.67 Å². The summed E-state index contributed by atoms with van der Waals surface area (Å²) < 4.78 is 15.1. The number of hydrogen-bond donors (Lipinski definition) is 1. The van der Waals surface area contributed by atoms with Gasteiger partial charge in [0.1, 0.15) is 17.4 Å². The molecular weight excluding hydrogens is 183 g/mol. The first-order valence-corrected chi connectivity index (χ1v) is 4.14. The van der Waals surface area contributed by atoms with Gasteiger partial charge in [-0.05, 0) is 12.1 Å². The van der Waals surface area contributed by atoms with Crippen LogP contribution in [0, 0.1) is 5.82 Å². The molecule has 4 heteroatoms. The summed E-state index contributed by atoms with van der Waals surface area (Å²) in [4.78, 5) is 4.02. The highest BCUT2D eigenvalue weighted by Crippen LogP contribution is 2.23. The third-order valence-electron chi connectivity index (χ3n) is 2.01. The number of aromatic hydroxyl groups is 1. The van der Waals surface area contributed by atoms with Gasteiger partial charge in [0.25, 0.3) is 0 Å². The third kappa shape index (κ3) is 1.35. The second-order valence-corrected chi connectivity index (χ2v) is 3.03. The van der Waals surface area contributed by atoms with Gasteiger partial charge in [-0.25, -0.2) is 9.37 Å². The van der Waals surface area contributed by atoms with E-state index in [4.69, 9.17) is 5.11 Å². The number of rotatable bonds is 1. The first-order chi connectivity index (χ1) is 6.68. The summed E-state index contributed by atoms with van der Waals surface area (Å²) >= 11 is 0. The normalized spacial score (nSPS) is 10.4. The Kier molecular flexibility index (Phi) is 1.96. The van der Waals surface area contributed by atoms with E-state index in [1.807, 2.05) is 0 Å². The van der Waals surface area contributed by atoms with Crippen molar-refractivity contribution in [3.63, 3.8) is 0 Å². The van der Waals surface area contributed by atoms with Crippen molar-refractivity contribution in [1.82, 2.24) is 9.55 Å². The van der Waals surface area contributed by atoms with Crippen LogP contribution >= 0.6 is 0 Å². The Morgan fingerprint density at radius 1 is 1.43 bits per heavy atom. The van der Waals surface area contributed by atoms with Crippen LogP contribution in [0.4, 0.5) is 4.39 Å². The highest BCUT2D eigenvalue weighted by Gasteiger charge is 2.09. The average Bonchev–Trinajstić information content (AvgIpc) is 2.52. The van der Waals surface area contributed by atoms with Crippen molar-refractivity contribution in [3.8, 4) is 17.1 Å². The molecule has 0 atom stereocenters. The van der Waals surface area contributed by atoms with E-state index in [1.54, 1.807) is 24.0 Å². The summed E-state index contributed by atoms with van der Waals surface area (Å²) in [5.41, 5.74) is 0.385. The van der Waals surface area contributed by atoms with E-state index in [9.17, 15) is 4.39 Å². The minimum atomic E-state index is -0.473. The molecule has 72 valence electrons. The predicted octanol–water partition coefficient (Wildman–Crippen LogP) is 1.93. The minimum absolute atomic E-state index is 0.0829. The molecule has 3 nitrogen and oxygen atoms in total. The fourth-order valence-electron chi connectivity index (χ4n) is 1.31. The molecule has 0 spiro atoms. The summed E-state index contributed by atoms with van der Waals surface area (Å²) in [6.45, 7) is 0. The van der Waals surface area contributed by atoms with Gasteiger partial charge in [0.2, 0.25) is 0 Å². The van der Waals surface area contributed by atoms with E-state index in [2.05, 4.69) is 4.98 Å². The zero-order valence-electron chi connectivity index (χ0n) is 7.61. The monoisotopic (exact) mass is 192 g/mol. The van der Waals surface area contributed by atoms with Crippen LogP contribution in [0.3, 0.4) is 0 Å².